The van der Waals surface area contributed by atoms with Gasteiger partial charge in [-0.3, -0.25) is 0 Å². The van der Waals surface area contributed by atoms with Crippen LogP contribution in [0.15, 0.2) is 0 Å². The van der Waals surface area contributed by atoms with Crippen LogP contribution in [0.3, 0.4) is 0 Å². The smallest absolute Gasteiger partial charge is 0.377 e. The van der Waals surface area contributed by atoms with E-state index in [1.54, 1.807) is 42.7 Å². The molecule has 1 atom stereocenters. The maximum atomic E-state index is 5.72. The molecule has 1 unspecified atom stereocenters. The van der Waals surface area contributed by atoms with E-state index in [1.165, 1.54) is 32.1 Å². The van der Waals surface area contributed by atoms with Crippen molar-refractivity contribution in [3.8, 4) is 0 Å². The molecule has 0 saturated carbocycles. The van der Waals surface area contributed by atoms with Crippen LogP contribution in [-0.2, 0) is 26.6 Å². The number of unbranched alkanes of at least 4 members (excludes halogenated alkanes) is 5. The number of rotatable bonds is 16. The molecule has 0 aliphatic carbocycles. The molecule has 0 rings (SSSR count). The summed E-state index contributed by atoms with van der Waals surface area (Å²) in [4.78, 5) is 0. The Morgan fingerprint density at radius 2 is 1.08 bits per heavy atom. The Labute approximate surface area is 150 Å². The van der Waals surface area contributed by atoms with Crippen molar-refractivity contribution in [1.29, 1.82) is 0 Å². The van der Waals surface area contributed by atoms with E-state index in [0.29, 0.717) is 6.04 Å². The van der Waals surface area contributed by atoms with E-state index in [9.17, 15) is 0 Å². The van der Waals surface area contributed by atoms with Crippen LogP contribution < -0.4 is 0 Å². The lowest BCUT2D eigenvalue weighted by molar-refractivity contribution is 0.0957. The molecule has 0 heterocycles. The van der Waals surface area contributed by atoms with E-state index in [1.807, 2.05) is 0 Å². The van der Waals surface area contributed by atoms with Gasteiger partial charge in [0.15, 0.2) is 0 Å². The molecule has 0 amide bonds. The normalized spacial score (nSPS) is 14.1. The molecule has 0 aromatic heterocycles. The summed E-state index contributed by atoms with van der Waals surface area (Å²) in [5, 5.41) is 0. The van der Waals surface area contributed by atoms with Crippen molar-refractivity contribution in [2.45, 2.75) is 63.5 Å². The molecule has 0 aliphatic rings. The summed E-state index contributed by atoms with van der Waals surface area (Å²) in [7, 11) is 4.36. The lowest BCUT2D eigenvalue weighted by atomic mass is 10.1. The van der Waals surface area contributed by atoms with Crippen LogP contribution in [0.5, 0.6) is 0 Å². The van der Waals surface area contributed by atoms with Gasteiger partial charge in [-0.15, -0.1) is 0 Å². The van der Waals surface area contributed by atoms with Gasteiger partial charge < -0.3 is 26.6 Å². The lowest BCUT2D eigenvalue weighted by Crippen LogP contribution is -2.53. The summed E-state index contributed by atoms with van der Waals surface area (Å²) in [5.74, 6) is 0. The van der Waals surface area contributed by atoms with Crippen molar-refractivity contribution >= 4 is 17.6 Å². The summed E-state index contributed by atoms with van der Waals surface area (Å²) < 4.78 is 34.0. The van der Waals surface area contributed by atoms with Crippen molar-refractivity contribution in [1.82, 2.24) is 0 Å². The van der Waals surface area contributed by atoms with Crippen molar-refractivity contribution in [2.75, 3.05) is 42.7 Å². The molecule has 6 nitrogen and oxygen atoms in total. The largest absolute Gasteiger partial charge is 0.503 e. The van der Waals surface area contributed by atoms with E-state index < -0.39 is 17.6 Å². The number of hydrogen-bond donors (Lipinski definition) is 0. The maximum Gasteiger partial charge on any atom is 0.503 e. The van der Waals surface area contributed by atoms with Crippen LogP contribution in [0.4, 0.5) is 0 Å². The SMILES string of the molecule is CCCCCCCCC(C[Si](OC)(OC)OC)[Si](OC)(OC)OC. The molecule has 8 heteroatoms. The van der Waals surface area contributed by atoms with E-state index in [2.05, 4.69) is 6.92 Å². The first-order valence-electron chi connectivity index (χ1n) is 8.84. The fraction of sp³-hybridized carbons (Fsp3) is 1.00. The molecule has 0 fully saturated rings. The van der Waals surface area contributed by atoms with Gasteiger partial charge in [-0.25, -0.2) is 0 Å². The fourth-order valence-corrected chi connectivity index (χ4v) is 8.74. The van der Waals surface area contributed by atoms with E-state index >= 15 is 0 Å². The van der Waals surface area contributed by atoms with Crippen molar-refractivity contribution in [3.05, 3.63) is 0 Å². The highest BCUT2D eigenvalue weighted by atomic mass is 28.4. The Morgan fingerprint density at radius 3 is 1.50 bits per heavy atom. The van der Waals surface area contributed by atoms with Crippen LogP contribution in [0.1, 0.15) is 51.9 Å². The summed E-state index contributed by atoms with van der Waals surface area (Å²) in [6.07, 6.45) is 8.42. The van der Waals surface area contributed by atoms with Gasteiger partial charge in [0.1, 0.15) is 0 Å². The molecule has 0 N–H and O–H groups in total. The molecule has 146 valence electrons. The highest BCUT2D eigenvalue weighted by Gasteiger charge is 2.53. The summed E-state index contributed by atoms with van der Waals surface area (Å²) >= 11 is 0. The monoisotopic (exact) mass is 382 g/mol. The molecule has 0 aromatic carbocycles. The highest BCUT2D eigenvalue weighted by molar-refractivity contribution is 6.67. The minimum Gasteiger partial charge on any atom is -0.377 e. The van der Waals surface area contributed by atoms with Gasteiger partial charge in [0, 0.05) is 54.2 Å². The van der Waals surface area contributed by atoms with Crippen LogP contribution in [-0.4, -0.2) is 60.3 Å². The molecule has 24 heavy (non-hydrogen) atoms. The third kappa shape index (κ3) is 7.21. The van der Waals surface area contributed by atoms with E-state index in [0.717, 1.165) is 12.8 Å². The topological polar surface area (TPSA) is 55.4 Å². The zero-order valence-corrected chi connectivity index (χ0v) is 18.7. The van der Waals surface area contributed by atoms with Gasteiger partial charge in [-0.05, 0) is 6.42 Å². The fourth-order valence-electron chi connectivity index (χ4n) is 3.13. The van der Waals surface area contributed by atoms with Gasteiger partial charge in [-0.1, -0.05) is 45.4 Å². The Balaban J connectivity index is 4.95. The summed E-state index contributed by atoms with van der Waals surface area (Å²) in [5.41, 5.74) is 0.0928. The van der Waals surface area contributed by atoms with Crippen molar-refractivity contribution in [2.24, 2.45) is 0 Å². The molecular formula is C16H38O6Si2. The highest BCUT2D eigenvalue weighted by Crippen LogP contribution is 2.37. The standard InChI is InChI=1S/C16H38O6Si2/c1-8-9-10-11-12-13-14-16(24(20-5,21-6)22-7)15-23(17-2,18-3)19-4/h16H,8-15H2,1-7H3. The predicted octanol–water partition coefficient (Wildman–Crippen LogP) is 3.86. The average Bonchev–Trinajstić information content (AvgIpc) is 2.63. The third-order valence-corrected chi connectivity index (χ3v) is 11.2. The molecule has 0 radical (unpaired) electrons. The van der Waals surface area contributed by atoms with Gasteiger partial charge in [0.2, 0.25) is 0 Å². The average molecular weight is 383 g/mol. The van der Waals surface area contributed by atoms with Crippen molar-refractivity contribution in [3.63, 3.8) is 0 Å². The Hall–Kier alpha value is 0.194. The molecule has 0 aliphatic heterocycles. The predicted molar refractivity (Wildman–Crippen MR) is 100 cm³/mol. The molecule has 0 spiro atoms. The zero-order chi connectivity index (χ0) is 18.5. The van der Waals surface area contributed by atoms with Crippen LogP contribution in [0, 0.1) is 0 Å². The Kier molecular flexibility index (Phi) is 13.5. The quantitative estimate of drug-likeness (QED) is 0.298. The molecular weight excluding hydrogens is 344 g/mol. The Morgan fingerprint density at radius 1 is 0.625 bits per heavy atom. The number of hydrogen-bond acceptors (Lipinski definition) is 6. The van der Waals surface area contributed by atoms with Crippen LogP contribution in [0.2, 0.25) is 11.6 Å². The van der Waals surface area contributed by atoms with Gasteiger partial charge >= 0.3 is 17.6 Å². The van der Waals surface area contributed by atoms with E-state index in [4.69, 9.17) is 26.6 Å². The molecule has 0 aromatic rings. The first-order chi connectivity index (χ1) is 11.5. The second kappa shape index (κ2) is 13.4. The molecule has 0 saturated heterocycles. The van der Waals surface area contributed by atoms with Crippen LogP contribution in [0.25, 0.3) is 0 Å². The maximum absolute atomic E-state index is 5.72. The minimum absolute atomic E-state index is 0.0928. The Bertz CT molecular complexity index is 282. The lowest BCUT2D eigenvalue weighted by Gasteiger charge is -2.36. The molecule has 0 bridgehead atoms. The second-order valence-electron chi connectivity index (χ2n) is 5.97. The van der Waals surface area contributed by atoms with Gasteiger partial charge in [-0.2, -0.15) is 0 Å². The van der Waals surface area contributed by atoms with Gasteiger partial charge in [0.25, 0.3) is 0 Å². The summed E-state index contributed by atoms with van der Waals surface area (Å²) in [6.45, 7) is 2.23. The second-order valence-corrected chi connectivity index (χ2v) is 12.2. The van der Waals surface area contributed by atoms with E-state index in [-0.39, 0.29) is 5.54 Å². The third-order valence-electron chi connectivity index (χ3n) is 4.69. The minimum atomic E-state index is -2.79. The van der Waals surface area contributed by atoms with Crippen LogP contribution >= 0.6 is 0 Å². The summed E-state index contributed by atoms with van der Waals surface area (Å²) in [6, 6.07) is 0.632. The first kappa shape index (κ1) is 24.2. The van der Waals surface area contributed by atoms with Gasteiger partial charge in [0.05, 0.1) is 0 Å². The first-order valence-corrected chi connectivity index (χ1v) is 12.6. The van der Waals surface area contributed by atoms with Crippen molar-refractivity contribution < 1.29 is 26.6 Å². The zero-order valence-electron chi connectivity index (χ0n) is 16.7.